The van der Waals surface area contributed by atoms with Gasteiger partial charge in [0.05, 0.1) is 15.3 Å². The molecular formula is C17H16N4O5S2. The summed E-state index contributed by atoms with van der Waals surface area (Å²) in [6.07, 6.45) is 0. The number of hydrogen-bond acceptors (Lipinski definition) is 6. The minimum absolute atomic E-state index is 0.0212. The summed E-state index contributed by atoms with van der Waals surface area (Å²) in [6.45, 7) is 0. The van der Waals surface area contributed by atoms with Crippen molar-refractivity contribution in [3.63, 3.8) is 0 Å². The Hall–Kier alpha value is -2.86. The Morgan fingerprint density at radius 1 is 0.857 bits per heavy atom. The summed E-state index contributed by atoms with van der Waals surface area (Å²) in [5, 5.41) is 0.835. The summed E-state index contributed by atoms with van der Waals surface area (Å²) in [5.74, 6) is -0.756. The zero-order chi connectivity index (χ0) is 20.4. The molecule has 0 aliphatic carbocycles. The molecule has 146 valence electrons. The molecule has 3 rings (SSSR count). The summed E-state index contributed by atoms with van der Waals surface area (Å²) in [5.41, 5.74) is 2.68. The van der Waals surface area contributed by atoms with E-state index in [1.807, 2.05) is 17.0 Å². The molecule has 0 unspecified atom stereocenters. The fourth-order valence-electron chi connectivity index (χ4n) is 2.36. The van der Waals surface area contributed by atoms with Crippen LogP contribution in [0.25, 0.3) is 10.9 Å². The predicted octanol–water partition coefficient (Wildman–Crippen LogP) is 0.766. The number of carbonyl (C=O) groups is 1. The van der Waals surface area contributed by atoms with Crippen molar-refractivity contribution in [2.45, 2.75) is 9.79 Å². The molecule has 3 N–H and O–H groups in total. The third kappa shape index (κ3) is 4.17. The number of sulfonamides is 2. The summed E-state index contributed by atoms with van der Waals surface area (Å²) in [4.78, 5) is 17.8. The molecule has 0 aliphatic heterocycles. The van der Waals surface area contributed by atoms with Gasteiger partial charge in [-0.05, 0) is 37.4 Å². The van der Waals surface area contributed by atoms with Crippen LogP contribution >= 0.6 is 0 Å². The quantitative estimate of drug-likeness (QED) is 0.504. The third-order valence-corrected chi connectivity index (χ3v) is 6.48. The number of carbonyl (C=O) groups excluding carboxylic acids is 1. The average Bonchev–Trinajstić information content (AvgIpc) is 2.71. The number of hydrazine groups is 1. The highest BCUT2D eigenvalue weighted by Crippen LogP contribution is 2.15. The number of aromatic nitrogens is 1. The van der Waals surface area contributed by atoms with Crippen molar-refractivity contribution in [1.29, 1.82) is 0 Å². The van der Waals surface area contributed by atoms with Gasteiger partial charge in [-0.1, -0.05) is 30.3 Å². The van der Waals surface area contributed by atoms with E-state index < -0.39 is 26.0 Å². The van der Waals surface area contributed by atoms with Gasteiger partial charge in [0.25, 0.3) is 15.9 Å². The molecule has 28 heavy (non-hydrogen) atoms. The summed E-state index contributed by atoms with van der Waals surface area (Å²) in [7, 11) is -6.80. The van der Waals surface area contributed by atoms with Gasteiger partial charge in [0.1, 0.15) is 5.69 Å². The van der Waals surface area contributed by atoms with E-state index in [-0.39, 0.29) is 15.5 Å². The van der Waals surface area contributed by atoms with Crippen LogP contribution in [0.15, 0.2) is 70.5 Å². The lowest BCUT2D eigenvalue weighted by atomic mass is 10.2. The molecule has 9 nitrogen and oxygen atoms in total. The van der Waals surface area contributed by atoms with Crippen LogP contribution in [0.5, 0.6) is 0 Å². The first-order chi connectivity index (χ1) is 13.2. The Morgan fingerprint density at radius 3 is 2.25 bits per heavy atom. The number of pyridine rings is 1. The predicted molar refractivity (Wildman–Crippen MR) is 102 cm³/mol. The number of fused-ring (bicyclic) bond motifs is 1. The van der Waals surface area contributed by atoms with Crippen LogP contribution in [0.3, 0.4) is 0 Å². The first-order valence-electron chi connectivity index (χ1n) is 7.94. The van der Waals surface area contributed by atoms with E-state index >= 15 is 0 Å². The van der Waals surface area contributed by atoms with Gasteiger partial charge >= 0.3 is 0 Å². The van der Waals surface area contributed by atoms with Gasteiger partial charge < -0.3 is 0 Å². The number of nitrogens with zero attached hydrogens (tertiary/aromatic N) is 1. The fraction of sp³-hybridized carbons (Fsp3) is 0.0588. The van der Waals surface area contributed by atoms with Gasteiger partial charge in [-0.2, -0.15) is 0 Å². The summed E-state index contributed by atoms with van der Waals surface area (Å²) in [6, 6.07) is 15.0. The van der Waals surface area contributed by atoms with E-state index in [1.54, 1.807) is 18.2 Å². The minimum Gasteiger partial charge on any atom is -0.272 e. The topological polar surface area (TPSA) is 134 Å². The Labute approximate surface area is 161 Å². The molecule has 0 aliphatic rings. The Morgan fingerprint density at radius 2 is 1.54 bits per heavy atom. The fourth-order valence-corrected chi connectivity index (χ4v) is 4.09. The lowest BCUT2D eigenvalue weighted by Crippen LogP contribution is -2.41. The standard InChI is InChI=1S/C17H16N4O5S2/c1-18-27(23,24)13-6-4-7-14(11-13)28(25,26)21-20-17(22)16-10-9-12-5-2-3-8-15(12)19-16/h2-11,18,21H,1H3,(H,20,22). The SMILES string of the molecule is CNS(=O)(=O)c1cccc(S(=O)(=O)NNC(=O)c2ccc3ccccc3n2)c1. The highest BCUT2D eigenvalue weighted by Gasteiger charge is 2.20. The van der Waals surface area contributed by atoms with Crippen molar-refractivity contribution < 1.29 is 21.6 Å². The summed E-state index contributed by atoms with van der Waals surface area (Å²) < 4.78 is 50.5. The van der Waals surface area contributed by atoms with Gasteiger partial charge in [0.2, 0.25) is 10.0 Å². The lowest BCUT2D eigenvalue weighted by Gasteiger charge is -2.10. The lowest BCUT2D eigenvalue weighted by molar-refractivity contribution is 0.0940. The highest BCUT2D eigenvalue weighted by molar-refractivity contribution is 7.90. The van der Waals surface area contributed by atoms with Crippen molar-refractivity contribution in [3.8, 4) is 0 Å². The van der Waals surface area contributed by atoms with Crippen molar-refractivity contribution >= 4 is 36.9 Å². The Kier molecular flexibility index (Phi) is 5.42. The number of nitrogens with one attached hydrogen (secondary N) is 3. The van der Waals surface area contributed by atoms with Crippen LogP contribution in [0.4, 0.5) is 0 Å². The molecule has 2 aromatic carbocycles. The molecule has 0 saturated carbocycles. The van der Waals surface area contributed by atoms with E-state index in [0.717, 1.165) is 11.5 Å². The molecule has 11 heteroatoms. The van der Waals surface area contributed by atoms with Crippen molar-refractivity contribution in [3.05, 3.63) is 66.4 Å². The zero-order valence-corrected chi connectivity index (χ0v) is 16.2. The van der Waals surface area contributed by atoms with Crippen LogP contribution < -0.4 is 15.0 Å². The van der Waals surface area contributed by atoms with Crippen molar-refractivity contribution in [2.24, 2.45) is 0 Å². The molecule has 1 heterocycles. The van der Waals surface area contributed by atoms with E-state index in [9.17, 15) is 21.6 Å². The number of hydrogen-bond donors (Lipinski definition) is 3. The van der Waals surface area contributed by atoms with Crippen LogP contribution in [-0.2, 0) is 20.0 Å². The Balaban J connectivity index is 1.79. The molecule has 0 bridgehead atoms. The van der Waals surface area contributed by atoms with Gasteiger partial charge in [0, 0.05) is 5.39 Å². The molecule has 0 spiro atoms. The van der Waals surface area contributed by atoms with Crippen LogP contribution in [0.2, 0.25) is 0 Å². The second-order valence-electron chi connectivity index (χ2n) is 5.63. The van der Waals surface area contributed by atoms with E-state index in [2.05, 4.69) is 15.1 Å². The maximum atomic E-state index is 12.4. The minimum atomic E-state index is -4.20. The molecule has 0 atom stereocenters. The van der Waals surface area contributed by atoms with Crippen molar-refractivity contribution in [1.82, 2.24) is 20.0 Å². The maximum absolute atomic E-state index is 12.4. The van der Waals surface area contributed by atoms with Gasteiger partial charge in [-0.15, -0.1) is 4.83 Å². The molecule has 1 amide bonds. The number of benzene rings is 2. The highest BCUT2D eigenvalue weighted by atomic mass is 32.2. The smallest absolute Gasteiger partial charge is 0.272 e. The van der Waals surface area contributed by atoms with Crippen LogP contribution in [-0.4, -0.2) is 34.8 Å². The van der Waals surface area contributed by atoms with Gasteiger partial charge in [-0.3, -0.25) is 10.2 Å². The normalized spacial score (nSPS) is 12.0. The molecule has 1 aromatic heterocycles. The number of para-hydroxylation sites is 1. The van der Waals surface area contributed by atoms with Gasteiger partial charge in [0.15, 0.2) is 0 Å². The van der Waals surface area contributed by atoms with Crippen LogP contribution in [0, 0.1) is 0 Å². The van der Waals surface area contributed by atoms with E-state index in [0.29, 0.717) is 5.52 Å². The average molecular weight is 420 g/mol. The summed E-state index contributed by atoms with van der Waals surface area (Å²) >= 11 is 0. The number of rotatable bonds is 6. The van der Waals surface area contributed by atoms with E-state index in [1.165, 1.54) is 31.3 Å². The maximum Gasteiger partial charge on any atom is 0.284 e. The molecule has 0 radical (unpaired) electrons. The molecule has 0 fully saturated rings. The Bertz CT molecular complexity index is 1260. The first kappa shape index (κ1) is 19.9. The zero-order valence-electron chi connectivity index (χ0n) is 14.6. The second-order valence-corrected chi connectivity index (χ2v) is 9.20. The van der Waals surface area contributed by atoms with E-state index in [4.69, 9.17) is 0 Å². The third-order valence-electron chi connectivity index (χ3n) is 3.82. The molecular weight excluding hydrogens is 404 g/mol. The largest absolute Gasteiger partial charge is 0.284 e. The second kappa shape index (κ2) is 7.64. The number of amides is 1. The van der Waals surface area contributed by atoms with Gasteiger partial charge in [-0.25, -0.2) is 26.5 Å². The first-order valence-corrected chi connectivity index (χ1v) is 10.9. The van der Waals surface area contributed by atoms with Crippen molar-refractivity contribution in [2.75, 3.05) is 7.05 Å². The molecule has 3 aromatic rings. The van der Waals surface area contributed by atoms with Crippen LogP contribution in [0.1, 0.15) is 10.5 Å². The monoisotopic (exact) mass is 420 g/mol. The molecule has 0 saturated heterocycles.